The van der Waals surface area contributed by atoms with E-state index in [-0.39, 0.29) is 11.3 Å². The minimum Gasteiger partial charge on any atom is -0.280 e. The van der Waals surface area contributed by atoms with E-state index in [0.29, 0.717) is 0 Å². The van der Waals surface area contributed by atoms with E-state index < -0.39 is 5.41 Å². The molecule has 22 heavy (non-hydrogen) atoms. The highest BCUT2D eigenvalue weighted by Crippen LogP contribution is 2.49. The van der Waals surface area contributed by atoms with Gasteiger partial charge in [0.2, 0.25) is 5.91 Å². The summed E-state index contributed by atoms with van der Waals surface area (Å²) in [4.78, 5) is 15.2. The van der Waals surface area contributed by atoms with Crippen molar-refractivity contribution in [3.8, 4) is 0 Å². The fraction of sp³-hybridized carbons (Fsp3) is 0.350. The molecule has 2 aromatic carbocycles. The first-order valence-corrected chi connectivity index (χ1v) is 7.82. The van der Waals surface area contributed by atoms with Crippen LogP contribution in [0.5, 0.6) is 0 Å². The zero-order valence-electron chi connectivity index (χ0n) is 13.8. The van der Waals surface area contributed by atoms with Gasteiger partial charge < -0.3 is 0 Å². The summed E-state index contributed by atoms with van der Waals surface area (Å²) < 4.78 is 0. The Morgan fingerprint density at radius 1 is 0.955 bits per heavy atom. The van der Waals surface area contributed by atoms with Crippen molar-refractivity contribution in [2.24, 2.45) is 5.41 Å². The molecule has 1 amide bonds. The minimum absolute atomic E-state index is 0.0875. The summed E-state index contributed by atoms with van der Waals surface area (Å²) in [5.74, 6) is 0.176. The third-order valence-corrected chi connectivity index (χ3v) is 4.31. The molecule has 1 heterocycles. The van der Waals surface area contributed by atoms with Crippen molar-refractivity contribution in [3.63, 3.8) is 0 Å². The number of hydrogen-bond acceptors (Lipinski definition) is 1. The van der Waals surface area contributed by atoms with Crippen molar-refractivity contribution >= 4 is 17.3 Å². The Bertz CT molecular complexity index is 699. The predicted molar refractivity (Wildman–Crippen MR) is 91.5 cm³/mol. The van der Waals surface area contributed by atoms with Crippen molar-refractivity contribution in [2.75, 3.05) is 4.90 Å². The molecule has 2 heteroatoms. The number of carbonyl (C=O) groups excluding carboxylic acids is 1. The van der Waals surface area contributed by atoms with Crippen molar-refractivity contribution in [1.82, 2.24) is 0 Å². The highest BCUT2D eigenvalue weighted by atomic mass is 16.2. The standard InChI is InChI=1S/C20H23NO/c1-19(2,3)14-20(4)16-12-8-9-13-17(16)21(18(20)22)15-10-6-5-7-11-15/h5-13H,14H2,1-4H3. The molecule has 0 radical (unpaired) electrons. The number of rotatable bonds is 2. The van der Waals surface area contributed by atoms with E-state index in [9.17, 15) is 4.79 Å². The SMILES string of the molecule is CC(C)(C)CC1(C)C(=O)N(c2ccccc2)c2ccccc21. The third-order valence-electron chi connectivity index (χ3n) is 4.31. The molecular formula is C20H23NO. The van der Waals surface area contributed by atoms with Crippen LogP contribution in [0.15, 0.2) is 54.6 Å². The highest BCUT2D eigenvalue weighted by Gasteiger charge is 2.49. The smallest absolute Gasteiger partial charge is 0.242 e. The first-order chi connectivity index (χ1) is 10.3. The van der Waals surface area contributed by atoms with Crippen molar-refractivity contribution in [3.05, 3.63) is 60.2 Å². The van der Waals surface area contributed by atoms with Crippen LogP contribution in [-0.2, 0) is 10.2 Å². The molecule has 0 N–H and O–H groups in total. The van der Waals surface area contributed by atoms with Crippen LogP contribution in [0.1, 0.15) is 39.7 Å². The summed E-state index contributed by atoms with van der Waals surface area (Å²) in [6.07, 6.45) is 0.833. The molecule has 0 aliphatic carbocycles. The summed E-state index contributed by atoms with van der Waals surface area (Å²) in [6, 6.07) is 18.1. The van der Waals surface area contributed by atoms with Gasteiger partial charge in [0.15, 0.2) is 0 Å². The van der Waals surface area contributed by atoms with E-state index in [1.54, 1.807) is 0 Å². The molecule has 1 atom stereocenters. The van der Waals surface area contributed by atoms with E-state index in [1.807, 2.05) is 53.4 Å². The molecule has 0 bridgehead atoms. The van der Waals surface area contributed by atoms with Gasteiger partial charge in [-0.25, -0.2) is 0 Å². The fourth-order valence-electron chi connectivity index (χ4n) is 3.67. The van der Waals surface area contributed by atoms with Gasteiger partial charge in [-0.1, -0.05) is 57.2 Å². The average molecular weight is 293 g/mol. The Hall–Kier alpha value is -2.09. The molecule has 1 aliphatic rings. The number of fused-ring (bicyclic) bond motifs is 1. The lowest BCUT2D eigenvalue weighted by Crippen LogP contribution is -2.38. The van der Waals surface area contributed by atoms with E-state index in [1.165, 1.54) is 0 Å². The summed E-state index contributed by atoms with van der Waals surface area (Å²) >= 11 is 0. The molecule has 3 rings (SSSR count). The molecular weight excluding hydrogens is 270 g/mol. The molecule has 1 aliphatic heterocycles. The van der Waals surface area contributed by atoms with Crippen LogP contribution in [-0.4, -0.2) is 5.91 Å². The lowest BCUT2D eigenvalue weighted by atomic mass is 9.71. The van der Waals surface area contributed by atoms with Gasteiger partial charge in [-0.2, -0.15) is 0 Å². The Labute approximate surface area is 132 Å². The third kappa shape index (κ3) is 2.33. The molecule has 2 nitrogen and oxygen atoms in total. The molecule has 0 aromatic heterocycles. The normalized spacial score (nSPS) is 21.1. The van der Waals surface area contributed by atoms with Crippen molar-refractivity contribution in [1.29, 1.82) is 0 Å². The van der Waals surface area contributed by atoms with Crippen LogP contribution >= 0.6 is 0 Å². The second-order valence-corrected chi connectivity index (χ2v) is 7.56. The number of hydrogen-bond donors (Lipinski definition) is 0. The summed E-state index contributed by atoms with van der Waals surface area (Å²) in [6.45, 7) is 8.67. The second-order valence-electron chi connectivity index (χ2n) is 7.56. The molecule has 2 aromatic rings. The van der Waals surface area contributed by atoms with Crippen LogP contribution in [0.4, 0.5) is 11.4 Å². The molecule has 0 spiro atoms. The molecule has 114 valence electrons. The van der Waals surface area contributed by atoms with Gasteiger partial charge in [0.05, 0.1) is 11.1 Å². The van der Waals surface area contributed by atoms with Crippen molar-refractivity contribution in [2.45, 2.75) is 39.5 Å². The van der Waals surface area contributed by atoms with Crippen LogP contribution in [0, 0.1) is 5.41 Å². The predicted octanol–water partition coefficient (Wildman–Crippen LogP) is 5.06. The van der Waals surface area contributed by atoms with Gasteiger partial charge >= 0.3 is 0 Å². The maximum Gasteiger partial charge on any atom is 0.242 e. The topological polar surface area (TPSA) is 20.3 Å². The van der Waals surface area contributed by atoms with E-state index >= 15 is 0 Å². The maximum atomic E-state index is 13.3. The largest absolute Gasteiger partial charge is 0.280 e. The van der Waals surface area contributed by atoms with Gasteiger partial charge in [-0.15, -0.1) is 0 Å². The number of amides is 1. The van der Waals surface area contributed by atoms with E-state index in [0.717, 1.165) is 23.4 Å². The summed E-state index contributed by atoms with van der Waals surface area (Å²) in [5, 5.41) is 0. The monoisotopic (exact) mass is 293 g/mol. The van der Waals surface area contributed by atoms with Gasteiger partial charge in [-0.05, 0) is 42.5 Å². The van der Waals surface area contributed by atoms with Crippen LogP contribution in [0.3, 0.4) is 0 Å². The van der Waals surface area contributed by atoms with Crippen LogP contribution in [0.25, 0.3) is 0 Å². The lowest BCUT2D eigenvalue weighted by molar-refractivity contribution is -0.122. The summed E-state index contributed by atoms with van der Waals surface area (Å²) in [7, 11) is 0. The molecule has 1 unspecified atom stereocenters. The van der Waals surface area contributed by atoms with Crippen LogP contribution < -0.4 is 4.90 Å². The summed E-state index contributed by atoms with van der Waals surface area (Å²) in [5.41, 5.74) is 2.72. The first kappa shape index (κ1) is 14.8. The van der Waals surface area contributed by atoms with Gasteiger partial charge in [-0.3, -0.25) is 9.69 Å². The Kier molecular flexibility index (Phi) is 3.36. The second kappa shape index (κ2) is 4.98. The van der Waals surface area contributed by atoms with Crippen LogP contribution in [0.2, 0.25) is 0 Å². The maximum absolute atomic E-state index is 13.3. The van der Waals surface area contributed by atoms with Gasteiger partial charge in [0, 0.05) is 5.69 Å². The Balaban J connectivity index is 2.15. The van der Waals surface area contributed by atoms with Crippen molar-refractivity contribution < 1.29 is 4.79 Å². The number of benzene rings is 2. The molecule has 0 saturated carbocycles. The molecule has 0 saturated heterocycles. The van der Waals surface area contributed by atoms with Gasteiger partial charge in [0.1, 0.15) is 0 Å². The first-order valence-electron chi connectivity index (χ1n) is 7.82. The quantitative estimate of drug-likeness (QED) is 0.758. The van der Waals surface area contributed by atoms with Gasteiger partial charge in [0.25, 0.3) is 0 Å². The lowest BCUT2D eigenvalue weighted by Gasteiger charge is -2.31. The minimum atomic E-state index is -0.468. The zero-order valence-corrected chi connectivity index (χ0v) is 13.8. The highest BCUT2D eigenvalue weighted by molar-refractivity contribution is 6.12. The number of nitrogens with zero attached hydrogens (tertiary/aromatic N) is 1. The zero-order chi connectivity index (χ0) is 16.0. The Morgan fingerprint density at radius 2 is 1.55 bits per heavy atom. The van der Waals surface area contributed by atoms with E-state index in [4.69, 9.17) is 0 Å². The Morgan fingerprint density at radius 3 is 2.18 bits per heavy atom. The average Bonchev–Trinajstić information content (AvgIpc) is 2.67. The fourth-order valence-corrected chi connectivity index (χ4v) is 3.67. The number of carbonyl (C=O) groups is 1. The number of para-hydroxylation sites is 2. The molecule has 0 fully saturated rings. The van der Waals surface area contributed by atoms with E-state index in [2.05, 4.69) is 33.8 Å². The number of anilines is 2.